The third-order valence-corrected chi connectivity index (χ3v) is 7.73. The molecule has 1 unspecified atom stereocenters. The van der Waals surface area contributed by atoms with Gasteiger partial charge in [0.1, 0.15) is 12.6 Å². The summed E-state index contributed by atoms with van der Waals surface area (Å²) >= 11 is 3.04. The van der Waals surface area contributed by atoms with Gasteiger partial charge < -0.3 is 15.0 Å². The van der Waals surface area contributed by atoms with Crippen molar-refractivity contribution in [2.24, 2.45) is 4.99 Å². The zero-order valence-corrected chi connectivity index (χ0v) is 21.4. The maximum absolute atomic E-state index is 13.4. The van der Waals surface area contributed by atoms with Gasteiger partial charge in [0.05, 0.1) is 17.7 Å². The largest absolute Gasteiger partial charge is 0.457 e. The fraction of sp³-hybridized carbons (Fsp3) is 0.179. The molecule has 0 saturated carbocycles. The molecule has 0 radical (unpaired) electrons. The third-order valence-electron chi connectivity index (χ3n) is 5.92. The highest BCUT2D eigenvalue weighted by molar-refractivity contribution is 8.16. The van der Waals surface area contributed by atoms with Crippen molar-refractivity contribution >= 4 is 40.1 Å². The Morgan fingerprint density at radius 2 is 1.72 bits per heavy atom. The first-order valence-electron chi connectivity index (χ1n) is 11.6. The molecule has 3 aromatic rings. The molecule has 1 atom stereocenters. The first kappa shape index (κ1) is 24.1. The molecule has 8 heteroatoms. The standard InChI is InChI=1S/C28H25N3O3S2/c1-19-25(27(33)34-17-21-11-6-3-7-12-21)26(23-13-8-14-35-23)31-22(18-36-28(31)30-19)15-24(32)29-16-20-9-4-2-5-10-20/h2-14,18,26H,15-17H2,1H3,(H,29,32). The lowest BCUT2D eigenvalue weighted by Crippen LogP contribution is -2.37. The number of hydrogen-bond donors (Lipinski definition) is 1. The number of allylic oxidation sites excluding steroid dienone is 1. The van der Waals surface area contributed by atoms with E-state index >= 15 is 0 Å². The van der Waals surface area contributed by atoms with E-state index in [4.69, 9.17) is 9.73 Å². The topological polar surface area (TPSA) is 71.0 Å². The van der Waals surface area contributed by atoms with Crippen molar-refractivity contribution in [1.82, 2.24) is 10.2 Å². The average molecular weight is 516 g/mol. The van der Waals surface area contributed by atoms with Crippen molar-refractivity contribution in [3.05, 3.63) is 117 Å². The number of thiophene rings is 1. The molecule has 0 fully saturated rings. The number of nitrogens with zero attached hydrogens (tertiary/aromatic N) is 2. The molecule has 2 aromatic carbocycles. The highest BCUT2D eigenvalue weighted by atomic mass is 32.2. The van der Waals surface area contributed by atoms with Crippen molar-refractivity contribution in [3.8, 4) is 0 Å². The van der Waals surface area contributed by atoms with Crippen LogP contribution in [0.2, 0.25) is 0 Å². The van der Waals surface area contributed by atoms with Crippen LogP contribution in [0, 0.1) is 0 Å². The number of thioether (sulfide) groups is 1. The molecule has 5 rings (SSSR count). The van der Waals surface area contributed by atoms with E-state index in [2.05, 4.69) is 5.32 Å². The summed E-state index contributed by atoms with van der Waals surface area (Å²) in [5, 5.41) is 7.70. The van der Waals surface area contributed by atoms with Crippen LogP contribution in [0.4, 0.5) is 0 Å². The minimum atomic E-state index is -0.401. The minimum absolute atomic E-state index is 0.0867. The van der Waals surface area contributed by atoms with Crippen LogP contribution in [0.1, 0.15) is 35.4 Å². The predicted molar refractivity (Wildman–Crippen MR) is 144 cm³/mol. The third kappa shape index (κ3) is 5.29. The lowest BCUT2D eigenvalue weighted by atomic mass is 9.99. The lowest BCUT2D eigenvalue weighted by molar-refractivity contribution is -0.141. The molecule has 1 aromatic heterocycles. The van der Waals surface area contributed by atoms with E-state index in [-0.39, 0.29) is 18.9 Å². The number of rotatable bonds is 8. The SMILES string of the molecule is CC1=C(C(=O)OCc2ccccc2)C(c2cccs2)N2C(CC(=O)NCc3ccccc3)=CSC2=N1. The molecule has 3 heterocycles. The van der Waals surface area contributed by atoms with Crippen LogP contribution in [0.15, 0.2) is 106 Å². The van der Waals surface area contributed by atoms with E-state index in [1.165, 1.54) is 11.8 Å². The van der Waals surface area contributed by atoms with Crippen molar-refractivity contribution < 1.29 is 14.3 Å². The lowest BCUT2D eigenvalue weighted by Gasteiger charge is -2.35. The molecule has 6 nitrogen and oxygen atoms in total. The van der Waals surface area contributed by atoms with Gasteiger partial charge in [-0.25, -0.2) is 9.79 Å². The number of nitrogens with one attached hydrogen (secondary N) is 1. The molecule has 0 spiro atoms. The Morgan fingerprint density at radius 1 is 1.00 bits per heavy atom. The highest BCUT2D eigenvalue weighted by Gasteiger charge is 2.41. The van der Waals surface area contributed by atoms with Gasteiger partial charge in [0.2, 0.25) is 5.91 Å². The van der Waals surface area contributed by atoms with Crippen LogP contribution in [0.5, 0.6) is 0 Å². The van der Waals surface area contributed by atoms with Crippen LogP contribution in [0.25, 0.3) is 0 Å². The van der Waals surface area contributed by atoms with Gasteiger partial charge in [-0.3, -0.25) is 4.79 Å². The number of fused-ring (bicyclic) bond motifs is 1. The maximum Gasteiger partial charge on any atom is 0.338 e. The predicted octanol–water partition coefficient (Wildman–Crippen LogP) is 5.77. The summed E-state index contributed by atoms with van der Waals surface area (Å²) < 4.78 is 5.73. The van der Waals surface area contributed by atoms with Gasteiger partial charge in [-0.05, 0) is 34.9 Å². The number of benzene rings is 2. The van der Waals surface area contributed by atoms with Gasteiger partial charge in [-0.15, -0.1) is 11.3 Å². The number of amides is 1. The zero-order valence-electron chi connectivity index (χ0n) is 19.7. The first-order valence-corrected chi connectivity index (χ1v) is 13.4. The van der Waals surface area contributed by atoms with E-state index < -0.39 is 12.0 Å². The summed E-state index contributed by atoms with van der Waals surface area (Å²) in [7, 11) is 0. The van der Waals surface area contributed by atoms with Crippen LogP contribution in [-0.2, 0) is 27.5 Å². The molecule has 0 saturated heterocycles. The summed E-state index contributed by atoms with van der Waals surface area (Å²) in [6.07, 6.45) is 0.187. The molecule has 2 aliphatic rings. The minimum Gasteiger partial charge on any atom is -0.457 e. The maximum atomic E-state index is 13.4. The van der Waals surface area contributed by atoms with Crippen molar-refractivity contribution in [3.63, 3.8) is 0 Å². The van der Waals surface area contributed by atoms with Crippen LogP contribution in [0.3, 0.4) is 0 Å². The Hall–Kier alpha value is -3.62. The van der Waals surface area contributed by atoms with Crippen LogP contribution < -0.4 is 5.32 Å². The number of amidine groups is 1. The Kier molecular flexibility index (Phi) is 7.34. The van der Waals surface area contributed by atoms with Gasteiger partial charge in [-0.2, -0.15) is 0 Å². The molecular weight excluding hydrogens is 490 g/mol. The Balaban J connectivity index is 1.35. The van der Waals surface area contributed by atoms with Crippen molar-refractivity contribution in [2.75, 3.05) is 0 Å². The molecule has 2 aliphatic heterocycles. The van der Waals surface area contributed by atoms with Gasteiger partial charge in [0.15, 0.2) is 5.17 Å². The zero-order chi connectivity index (χ0) is 24.9. The summed E-state index contributed by atoms with van der Waals surface area (Å²) in [4.78, 5) is 34.0. The highest BCUT2D eigenvalue weighted by Crippen LogP contribution is 2.45. The smallest absolute Gasteiger partial charge is 0.338 e. The van der Waals surface area contributed by atoms with E-state index in [1.54, 1.807) is 11.3 Å². The number of hydrogen-bond acceptors (Lipinski definition) is 7. The second kappa shape index (κ2) is 11.0. The van der Waals surface area contributed by atoms with Crippen LogP contribution >= 0.6 is 23.1 Å². The fourth-order valence-corrected chi connectivity index (χ4v) is 5.96. The number of esters is 1. The Morgan fingerprint density at radius 3 is 2.42 bits per heavy atom. The number of ether oxygens (including phenoxy) is 1. The fourth-order valence-electron chi connectivity index (χ4n) is 4.17. The quantitative estimate of drug-likeness (QED) is 0.386. The molecule has 0 bridgehead atoms. The van der Waals surface area contributed by atoms with E-state index in [9.17, 15) is 9.59 Å². The van der Waals surface area contributed by atoms with Crippen LogP contribution in [-0.4, -0.2) is 21.9 Å². The molecule has 36 heavy (non-hydrogen) atoms. The normalized spacial score (nSPS) is 16.8. The average Bonchev–Trinajstić information content (AvgIpc) is 3.57. The van der Waals surface area contributed by atoms with Crippen molar-refractivity contribution in [1.29, 1.82) is 0 Å². The van der Waals surface area contributed by atoms with Gasteiger partial charge >= 0.3 is 5.97 Å². The summed E-state index contributed by atoms with van der Waals surface area (Å²) in [5.41, 5.74) is 3.90. The number of carbonyl (C=O) groups excluding carboxylic acids is 2. The van der Waals surface area contributed by atoms with E-state index in [0.29, 0.717) is 17.8 Å². The molecule has 1 N–H and O–H groups in total. The Labute approximate surface area is 218 Å². The molecule has 182 valence electrons. The van der Waals surface area contributed by atoms with E-state index in [0.717, 1.165) is 26.9 Å². The first-order chi connectivity index (χ1) is 17.6. The number of carbonyl (C=O) groups is 2. The molecule has 0 aliphatic carbocycles. The van der Waals surface area contributed by atoms with Gasteiger partial charge in [0.25, 0.3) is 0 Å². The summed E-state index contributed by atoms with van der Waals surface area (Å²) in [6, 6.07) is 23.0. The van der Waals surface area contributed by atoms with E-state index in [1.807, 2.05) is 95.4 Å². The second-order valence-electron chi connectivity index (χ2n) is 8.41. The molecular formula is C28H25N3O3S2. The van der Waals surface area contributed by atoms with Crippen molar-refractivity contribution in [2.45, 2.75) is 32.5 Å². The summed E-state index contributed by atoms with van der Waals surface area (Å²) in [6.45, 7) is 2.49. The monoisotopic (exact) mass is 515 g/mol. The Bertz CT molecular complexity index is 1330. The molecule has 1 amide bonds. The van der Waals surface area contributed by atoms with Gasteiger partial charge in [0, 0.05) is 17.1 Å². The second-order valence-corrected chi connectivity index (χ2v) is 10.2. The van der Waals surface area contributed by atoms with Gasteiger partial charge in [-0.1, -0.05) is 78.5 Å². The number of aliphatic imine (C=N–C) groups is 1. The summed E-state index contributed by atoms with van der Waals surface area (Å²) in [5.74, 6) is -0.487.